The molecule has 2 aromatic heterocycles. The van der Waals surface area contributed by atoms with Crippen molar-refractivity contribution >= 4 is 16.8 Å². The highest BCUT2D eigenvalue weighted by Crippen LogP contribution is 2.19. The van der Waals surface area contributed by atoms with Crippen LogP contribution in [0, 0.1) is 5.82 Å². The molecule has 5 heteroatoms. The maximum atomic E-state index is 13.7. The van der Waals surface area contributed by atoms with Gasteiger partial charge in [-0.05, 0) is 30.3 Å². The number of aromatic amines is 1. The van der Waals surface area contributed by atoms with Crippen molar-refractivity contribution in [1.29, 1.82) is 0 Å². The van der Waals surface area contributed by atoms with E-state index in [0.29, 0.717) is 29.6 Å². The molecule has 0 spiro atoms. The van der Waals surface area contributed by atoms with Crippen LogP contribution >= 0.6 is 0 Å². The third-order valence-electron chi connectivity index (χ3n) is 3.62. The standard InChI is InChI=1S/C17H16FN3O/c1-21(10-8-12-5-2-3-9-19-12)17(22)16-11-13-14(18)6-4-7-15(13)20-16/h2-7,9,11,20H,8,10H2,1H3. The third-order valence-corrected chi connectivity index (χ3v) is 3.62. The van der Waals surface area contributed by atoms with Gasteiger partial charge in [-0.2, -0.15) is 0 Å². The van der Waals surface area contributed by atoms with Crippen LogP contribution in [0.3, 0.4) is 0 Å². The molecule has 3 aromatic rings. The molecule has 0 aliphatic carbocycles. The summed E-state index contributed by atoms with van der Waals surface area (Å²) in [5.41, 5.74) is 1.95. The van der Waals surface area contributed by atoms with E-state index >= 15 is 0 Å². The van der Waals surface area contributed by atoms with Gasteiger partial charge < -0.3 is 9.88 Å². The lowest BCUT2D eigenvalue weighted by Gasteiger charge is -2.15. The van der Waals surface area contributed by atoms with Gasteiger partial charge in [0, 0.05) is 42.8 Å². The lowest BCUT2D eigenvalue weighted by Crippen LogP contribution is -2.29. The smallest absolute Gasteiger partial charge is 0.270 e. The molecule has 0 bridgehead atoms. The van der Waals surface area contributed by atoms with E-state index in [1.807, 2.05) is 18.2 Å². The first-order valence-electron chi connectivity index (χ1n) is 7.08. The molecule has 22 heavy (non-hydrogen) atoms. The number of amides is 1. The Morgan fingerprint density at radius 1 is 1.27 bits per heavy atom. The molecule has 112 valence electrons. The zero-order valence-electron chi connectivity index (χ0n) is 12.2. The number of pyridine rings is 1. The molecule has 0 unspecified atom stereocenters. The lowest BCUT2D eigenvalue weighted by atomic mass is 10.2. The van der Waals surface area contributed by atoms with Crippen LogP contribution < -0.4 is 0 Å². The van der Waals surface area contributed by atoms with E-state index in [9.17, 15) is 9.18 Å². The first-order chi connectivity index (χ1) is 10.6. The number of aromatic nitrogens is 2. The number of nitrogens with zero attached hydrogens (tertiary/aromatic N) is 2. The molecule has 1 amide bonds. The SMILES string of the molecule is CN(CCc1ccccn1)C(=O)c1cc2c(F)cccc2[nH]1. The summed E-state index contributed by atoms with van der Waals surface area (Å²) < 4.78 is 13.7. The maximum Gasteiger partial charge on any atom is 0.270 e. The van der Waals surface area contributed by atoms with Crippen LogP contribution in [0.25, 0.3) is 10.9 Å². The van der Waals surface area contributed by atoms with Gasteiger partial charge in [0.15, 0.2) is 0 Å². The first kappa shape index (κ1) is 14.3. The number of likely N-dealkylation sites (N-methyl/N-ethyl adjacent to an activating group) is 1. The number of hydrogen-bond acceptors (Lipinski definition) is 2. The zero-order chi connectivity index (χ0) is 15.5. The van der Waals surface area contributed by atoms with E-state index in [-0.39, 0.29) is 11.7 Å². The van der Waals surface area contributed by atoms with Crippen LogP contribution in [0.5, 0.6) is 0 Å². The van der Waals surface area contributed by atoms with Gasteiger partial charge in [-0.25, -0.2) is 4.39 Å². The molecule has 4 nitrogen and oxygen atoms in total. The maximum absolute atomic E-state index is 13.7. The second-order valence-electron chi connectivity index (χ2n) is 5.18. The van der Waals surface area contributed by atoms with E-state index in [1.165, 1.54) is 6.07 Å². The number of fused-ring (bicyclic) bond motifs is 1. The van der Waals surface area contributed by atoms with Crippen molar-refractivity contribution in [2.45, 2.75) is 6.42 Å². The fourth-order valence-corrected chi connectivity index (χ4v) is 2.37. The van der Waals surface area contributed by atoms with E-state index in [0.717, 1.165) is 5.69 Å². The number of carbonyl (C=O) groups is 1. The number of benzene rings is 1. The molecular formula is C17H16FN3O. The predicted molar refractivity (Wildman–Crippen MR) is 83.2 cm³/mol. The second-order valence-corrected chi connectivity index (χ2v) is 5.18. The Bertz CT molecular complexity index is 798. The van der Waals surface area contributed by atoms with Crippen molar-refractivity contribution < 1.29 is 9.18 Å². The van der Waals surface area contributed by atoms with Crippen molar-refractivity contribution in [2.24, 2.45) is 0 Å². The van der Waals surface area contributed by atoms with Gasteiger partial charge in [0.25, 0.3) is 5.91 Å². The van der Waals surface area contributed by atoms with Crippen molar-refractivity contribution in [3.05, 3.63) is 65.9 Å². The first-order valence-corrected chi connectivity index (χ1v) is 7.08. The highest BCUT2D eigenvalue weighted by atomic mass is 19.1. The molecule has 1 N–H and O–H groups in total. The highest BCUT2D eigenvalue weighted by Gasteiger charge is 2.15. The molecule has 0 aliphatic rings. The van der Waals surface area contributed by atoms with Crippen LogP contribution in [0.15, 0.2) is 48.7 Å². The van der Waals surface area contributed by atoms with Gasteiger partial charge in [0.2, 0.25) is 0 Å². The second kappa shape index (κ2) is 5.97. The molecule has 0 radical (unpaired) electrons. The summed E-state index contributed by atoms with van der Waals surface area (Å²) in [7, 11) is 1.73. The molecule has 1 aromatic carbocycles. The van der Waals surface area contributed by atoms with E-state index < -0.39 is 0 Å². The van der Waals surface area contributed by atoms with Gasteiger partial charge in [-0.15, -0.1) is 0 Å². The Balaban J connectivity index is 1.73. The molecular weight excluding hydrogens is 281 g/mol. The average Bonchev–Trinajstić information content (AvgIpc) is 2.98. The van der Waals surface area contributed by atoms with Crippen molar-refractivity contribution in [1.82, 2.24) is 14.9 Å². The van der Waals surface area contributed by atoms with E-state index in [1.54, 1.807) is 36.3 Å². The minimum absolute atomic E-state index is 0.161. The normalized spacial score (nSPS) is 10.8. The summed E-state index contributed by atoms with van der Waals surface area (Å²) in [6, 6.07) is 12.0. The zero-order valence-corrected chi connectivity index (χ0v) is 12.2. The Kier molecular flexibility index (Phi) is 3.87. The number of rotatable bonds is 4. The van der Waals surface area contributed by atoms with Gasteiger partial charge in [0.05, 0.1) is 0 Å². The van der Waals surface area contributed by atoms with E-state index in [2.05, 4.69) is 9.97 Å². The van der Waals surface area contributed by atoms with Crippen LogP contribution in [-0.4, -0.2) is 34.4 Å². The van der Waals surface area contributed by atoms with Crippen LogP contribution in [-0.2, 0) is 6.42 Å². The topological polar surface area (TPSA) is 49.0 Å². The number of halogens is 1. The summed E-state index contributed by atoms with van der Waals surface area (Å²) in [5, 5.41) is 0.434. The Morgan fingerprint density at radius 3 is 2.86 bits per heavy atom. The fourth-order valence-electron chi connectivity index (χ4n) is 2.37. The molecule has 0 atom stereocenters. The molecule has 0 fully saturated rings. The van der Waals surface area contributed by atoms with Crippen molar-refractivity contribution in [3.63, 3.8) is 0 Å². The minimum Gasteiger partial charge on any atom is -0.350 e. The van der Waals surface area contributed by atoms with Gasteiger partial charge >= 0.3 is 0 Å². The summed E-state index contributed by atoms with van der Waals surface area (Å²) in [5.74, 6) is -0.490. The Labute approximate surface area is 127 Å². The van der Waals surface area contributed by atoms with Crippen LogP contribution in [0.2, 0.25) is 0 Å². The van der Waals surface area contributed by atoms with Gasteiger partial charge in [-0.1, -0.05) is 12.1 Å². The van der Waals surface area contributed by atoms with Gasteiger partial charge in [0.1, 0.15) is 11.5 Å². The molecule has 0 saturated carbocycles. The highest BCUT2D eigenvalue weighted by molar-refractivity contribution is 5.98. The number of nitrogens with one attached hydrogen (secondary N) is 1. The Hall–Kier alpha value is -2.69. The quantitative estimate of drug-likeness (QED) is 0.804. The molecule has 0 aliphatic heterocycles. The molecule has 0 saturated heterocycles. The van der Waals surface area contributed by atoms with Gasteiger partial charge in [-0.3, -0.25) is 9.78 Å². The van der Waals surface area contributed by atoms with Crippen molar-refractivity contribution in [3.8, 4) is 0 Å². The number of H-pyrrole nitrogens is 1. The fraction of sp³-hybridized carbons (Fsp3) is 0.176. The summed E-state index contributed by atoms with van der Waals surface area (Å²) in [4.78, 5) is 21.2. The monoisotopic (exact) mass is 297 g/mol. The largest absolute Gasteiger partial charge is 0.350 e. The summed E-state index contributed by atoms with van der Waals surface area (Å²) in [6.07, 6.45) is 2.41. The minimum atomic E-state index is -0.330. The number of hydrogen-bond donors (Lipinski definition) is 1. The van der Waals surface area contributed by atoms with Crippen LogP contribution in [0.4, 0.5) is 4.39 Å². The third kappa shape index (κ3) is 2.83. The average molecular weight is 297 g/mol. The van der Waals surface area contributed by atoms with Crippen molar-refractivity contribution in [2.75, 3.05) is 13.6 Å². The molecule has 3 rings (SSSR count). The van der Waals surface area contributed by atoms with E-state index in [4.69, 9.17) is 0 Å². The predicted octanol–water partition coefficient (Wildman–Crippen LogP) is 3.02. The Morgan fingerprint density at radius 2 is 2.14 bits per heavy atom. The molecule has 2 heterocycles. The summed E-state index contributed by atoms with van der Waals surface area (Å²) in [6.45, 7) is 0.549. The lowest BCUT2D eigenvalue weighted by molar-refractivity contribution is 0.0791. The van der Waals surface area contributed by atoms with Crippen LogP contribution in [0.1, 0.15) is 16.2 Å². The number of carbonyl (C=O) groups excluding carboxylic acids is 1. The summed E-state index contributed by atoms with van der Waals surface area (Å²) >= 11 is 0.